The molecule has 4 rings (SSSR count). The first-order chi connectivity index (χ1) is 12.6. The number of rotatable bonds is 4. The van der Waals surface area contributed by atoms with Crippen LogP contribution >= 0.6 is 0 Å². The molecule has 0 spiro atoms. The Balaban J connectivity index is 1.51. The maximum Gasteiger partial charge on any atom is 0.226 e. The average molecular weight is 347 g/mol. The van der Waals surface area contributed by atoms with Gasteiger partial charge in [-0.2, -0.15) is 5.10 Å². The van der Waals surface area contributed by atoms with E-state index in [-0.39, 0.29) is 11.8 Å². The summed E-state index contributed by atoms with van der Waals surface area (Å²) in [5, 5.41) is 9.98. The Morgan fingerprint density at radius 1 is 1.15 bits per heavy atom. The average Bonchev–Trinajstić information content (AvgIpc) is 3.00. The number of nitrogens with zero attached hydrogens (tertiary/aromatic N) is 1. The van der Waals surface area contributed by atoms with E-state index in [9.17, 15) is 4.79 Å². The third kappa shape index (κ3) is 3.20. The molecular weight excluding hydrogens is 326 g/mol. The number of carbonyl (C=O) groups is 1. The fourth-order valence-electron chi connectivity index (χ4n) is 3.48. The van der Waals surface area contributed by atoms with E-state index in [1.54, 1.807) is 0 Å². The molecule has 0 saturated heterocycles. The lowest BCUT2D eigenvalue weighted by Gasteiger charge is -2.23. The van der Waals surface area contributed by atoms with Gasteiger partial charge < -0.3 is 10.1 Å². The number of aromatic nitrogens is 2. The van der Waals surface area contributed by atoms with E-state index < -0.39 is 0 Å². The lowest BCUT2D eigenvalue weighted by Crippen LogP contribution is -2.23. The normalized spacial score (nSPS) is 16.1. The molecule has 26 heavy (non-hydrogen) atoms. The molecule has 5 heteroatoms. The van der Waals surface area contributed by atoms with Crippen LogP contribution in [0, 0.1) is 13.8 Å². The van der Waals surface area contributed by atoms with Crippen LogP contribution in [0.1, 0.15) is 40.3 Å². The number of aromatic amines is 1. The predicted molar refractivity (Wildman–Crippen MR) is 100 cm³/mol. The van der Waals surface area contributed by atoms with Crippen LogP contribution in [-0.4, -0.2) is 16.1 Å². The molecule has 0 bridgehead atoms. The maximum atomic E-state index is 12.0. The third-order valence-corrected chi connectivity index (χ3v) is 4.76. The number of amides is 1. The van der Waals surface area contributed by atoms with Crippen molar-refractivity contribution in [3.05, 3.63) is 76.5 Å². The molecule has 0 unspecified atom stereocenters. The number of H-pyrrole nitrogens is 1. The van der Waals surface area contributed by atoms with Crippen LogP contribution in [0.25, 0.3) is 0 Å². The number of ether oxygens (including phenoxy) is 1. The maximum absolute atomic E-state index is 12.0. The zero-order valence-electron chi connectivity index (χ0n) is 14.9. The minimum Gasteiger partial charge on any atom is -0.489 e. The highest BCUT2D eigenvalue weighted by atomic mass is 16.5. The largest absolute Gasteiger partial charge is 0.489 e. The number of aryl methyl sites for hydroxylation is 2. The zero-order chi connectivity index (χ0) is 18.1. The van der Waals surface area contributed by atoms with Gasteiger partial charge in [-0.25, -0.2) is 0 Å². The van der Waals surface area contributed by atoms with E-state index in [0.717, 1.165) is 28.1 Å². The Labute approximate surface area is 152 Å². The van der Waals surface area contributed by atoms with Crippen molar-refractivity contribution in [1.82, 2.24) is 10.2 Å². The van der Waals surface area contributed by atoms with Gasteiger partial charge in [-0.1, -0.05) is 42.0 Å². The molecule has 0 saturated carbocycles. The monoisotopic (exact) mass is 347 g/mol. The molecule has 2 heterocycles. The van der Waals surface area contributed by atoms with Crippen LogP contribution in [-0.2, 0) is 11.4 Å². The smallest absolute Gasteiger partial charge is 0.226 e. The van der Waals surface area contributed by atoms with E-state index in [1.807, 2.05) is 37.3 Å². The van der Waals surface area contributed by atoms with E-state index in [0.29, 0.717) is 18.8 Å². The molecule has 132 valence electrons. The number of hydrogen-bond acceptors (Lipinski definition) is 3. The van der Waals surface area contributed by atoms with E-state index in [4.69, 9.17) is 4.74 Å². The topological polar surface area (TPSA) is 67.0 Å². The fraction of sp³-hybridized carbons (Fsp3) is 0.238. The van der Waals surface area contributed by atoms with Crippen molar-refractivity contribution in [2.24, 2.45) is 0 Å². The minimum atomic E-state index is -0.00576. The Morgan fingerprint density at radius 3 is 2.73 bits per heavy atom. The van der Waals surface area contributed by atoms with Crippen LogP contribution in [0.3, 0.4) is 0 Å². The lowest BCUT2D eigenvalue weighted by molar-refractivity contribution is -0.116. The number of fused-ring (bicyclic) bond motifs is 1. The summed E-state index contributed by atoms with van der Waals surface area (Å²) < 4.78 is 5.89. The van der Waals surface area contributed by atoms with Crippen LogP contribution in [0.15, 0.2) is 48.5 Å². The van der Waals surface area contributed by atoms with Gasteiger partial charge in [0.15, 0.2) is 5.82 Å². The Hall–Kier alpha value is -3.08. The highest BCUT2D eigenvalue weighted by molar-refractivity contribution is 5.94. The molecular formula is C21H21N3O2. The van der Waals surface area contributed by atoms with Gasteiger partial charge in [-0.3, -0.25) is 9.89 Å². The molecule has 0 radical (unpaired) electrons. The van der Waals surface area contributed by atoms with Gasteiger partial charge >= 0.3 is 0 Å². The number of carbonyl (C=O) groups excluding carboxylic acids is 1. The SMILES string of the molecule is Cc1cccc(COc2ccc([C@H]3CC(=O)Nc4n[nH]c(C)c43)cc2)c1. The summed E-state index contributed by atoms with van der Waals surface area (Å²) in [7, 11) is 0. The van der Waals surface area contributed by atoms with Crippen molar-refractivity contribution < 1.29 is 9.53 Å². The fourth-order valence-corrected chi connectivity index (χ4v) is 3.48. The zero-order valence-corrected chi connectivity index (χ0v) is 14.9. The number of nitrogens with one attached hydrogen (secondary N) is 2. The van der Waals surface area contributed by atoms with E-state index in [2.05, 4.69) is 40.6 Å². The highest BCUT2D eigenvalue weighted by Gasteiger charge is 2.30. The van der Waals surface area contributed by atoms with Gasteiger partial charge in [-0.05, 0) is 37.1 Å². The second kappa shape index (κ2) is 6.67. The highest BCUT2D eigenvalue weighted by Crippen LogP contribution is 2.38. The molecule has 1 atom stereocenters. The summed E-state index contributed by atoms with van der Waals surface area (Å²) in [6.07, 6.45) is 0.427. The van der Waals surface area contributed by atoms with Gasteiger partial charge in [0.05, 0.1) is 0 Å². The number of anilines is 1. The second-order valence-electron chi connectivity index (χ2n) is 6.76. The summed E-state index contributed by atoms with van der Waals surface area (Å²) in [5.74, 6) is 1.47. The molecule has 3 aromatic rings. The molecule has 2 N–H and O–H groups in total. The van der Waals surface area contributed by atoms with Crippen LogP contribution in [0.5, 0.6) is 5.75 Å². The van der Waals surface area contributed by atoms with Gasteiger partial charge in [0.2, 0.25) is 5.91 Å². The summed E-state index contributed by atoms with van der Waals surface area (Å²) in [5.41, 5.74) is 5.52. The Bertz CT molecular complexity index is 944. The predicted octanol–water partition coefficient (Wildman–Crippen LogP) is 4.08. The molecule has 2 aromatic carbocycles. The van der Waals surface area contributed by atoms with Gasteiger partial charge in [0, 0.05) is 23.6 Å². The van der Waals surface area contributed by atoms with E-state index in [1.165, 1.54) is 5.56 Å². The Morgan fingerprint density at radius 2 is 1.96 bits per heavy atom. The minimum absolute atomic E-state index is 0.00576. The van der Waals surface area contributed by atoms with Crippen LogP contribution in [0.4, 0.5) is 5.82 Å². The van der Waals surface area contributed by atoms with E-state index >= 15 is 0 Å². The molecule has 5 nitrogen and oxygen atoms in total. The molecule has 0 fully saturated rings. The molecule has 1 amide bonds. The lowest BCUT2D eigenvalue weighted by atomic mass is 9.86. The van der Waals surface area contributed by atoms with Crippen LogP contribution < -0.4 is 10.1 Å². The summed E-state index contributed by atoms with van der Waals surface area (Å²) in [4.78, 5) is 12.0. The van der Waals surface area contributed by atoms with Gasteiger partial charge in [0.1, 0.15) is 12.4 Å². The van der Waals surface area contributed by atoms with Crippen molar-refractivity contribution in [3.8, 4) is 5.75 Å². The van der Waals surface area contributed by atoms with Gasteiger partial charge in [0.25, 0.3) is 0 Å². The molecule has 1 aliphatic rings. The number of hydrogen-bond donors (Lipinski definition) is 2. The molecule has 1 aliphatic heterocycles. The molecule has 1 aromatic heterocycles. The third-order valence-electron chi connectivity index (χ3n) is 4.76. The van der Waals surface area contributed by atoms with Gasteiger partial charge in [-0.15, -0.1) is 0 Å². The first-order valence-corrected chi connectivity index (χ1v) is 8.73. The van der Waals surface area contributed by atoms with Crippen molar-refractivity contribution in [3.63, 3.8) is 0 Å². The number of benzene rings is 2. The molecule has 0 aliphatic carbocycles. The standard InChI is InChI=1S/C21H21N3O2/c1-13-4-3-5-15(10-13)12-26-17-8-6-16(7-9-17)18-11-19(25)22-21-20(18)14(2)23-24-21/h3-10,18H,11-12H2,1-2H3,(H2,22,23,24,25)/t18-/m1/s1. The summed E-state index contributed by atoms with van der Waals surface area (Å²) in [6.45, 7) is 4.60. The van der Waals surface area contributed by atoms with Crippen molar-refractivity contribution in [2.45, 2.75) is 32.8 Å². The van der Waals surface area contributed by atoms with Crippen LogP contribution in [0.2, 0.25) is 0 Å². The van der Waals surface area contributed by atoms with Crippen molar-refractivity contribution in [2.75, 3.05) is 5.32 Å². The van der Waals surface area contributed by atoms with Crippen molar-refractivity contribution in [1.29, 1.82) is 0 Å². The second-order valence-corrected chi connectivity index (χ2v) is 6.76. The van der Waals surface area contributed by atoms with Crippen molar-refractivity contribution >= 4 is 11.7 Å². The Kier molecular flexibility index (Phi) is 4.21. The summed E-state index contributed by atoms with van der Waals surface area (Å²) in [6, 6.07) is 16.3. The first-order valence-electron chi connectivity index (χ1n) is 8.73. The quantitative estimate of drug-likeness (QED) is 0.747. The summed E-state index contributed by atoms with van der Waals surface area (Å²) >= 11 is 0. The first kappa shape index (κ1) is 16.4.